The maximum Gasteiger partial charge on any atom is 0.126 e. The number of aryl methyl sites for hydroxylation is 1. The van der Waals surface area contributed by atoms with Crippen LogP contribution in [-0.2, 0) is 6.42 Å². The highest BCUT2D eigenvalue weighted by Crippen LogP contribution is 2.21. The monoisotopic (exact) mass is 264 g/mol. The van der Waals surface area contributed by atoms with E-state index >= 15 is 0 Å². The SMILES string of the molecule is Cc1ccc(C(N)Cc2cc(Cl)ccc2F)cn1. The van der Waals surface area contributed by atoms with Crippen molar-refractivity contribution in [2.75, 3.05) is 0 Å². The molecule has 0 saturated carbocycles. The number of hydrogen-bond acceptors (Lipinski definition) is 2. The molecular weight excluding hydrogens is 251 g/mol. The Kier molecular flexibility index (Phi) is 3.94. The zero-order valence-corrected chi connectivity index (χ0v) is 10.8. The Morgan fingerprint density at radius 1 is 1.33 bits per heavy atom. The minimum absolute atomic E-state index is 0.282. The fourth-order valence-corrected chi connectivity index (χ4v) is 1.95. The predicted molar refractivity (Wildman–Crippen MR) is 71.0 cm³/mol. The first kappa shape index (κ1) is 13.0. The van der Waals surface area contributed by atoms with Crippen LogP contribution in [0, 0.1) is 12.7 Å². The Labute approximate surface area is 111 Å². The van der Waals surface area contributed by atoms with Crippen LogP contribution in [0.25, 0.3) is 0 Å². The Balaban J connectivity index is 2.18. The van der Waals surface area contributed by atoms with E-state index < -0.39 is 0 Å². The highest BCUT2D eigenvalue weighted by atomic mass is 35.5. The van der Waals surface area contributed by atoms with Crippen LogP contribution in [0.15, 0.2) is 36.5 Å². The molecule has 94 valence electrons. The summed E-state index contributed by atoms with van der Waals surface area (Å²) in [5.74, 6) is -0.282. The second-order valence-electron chi connectivity index (χ2n) is 4.28. The van der Waals surface area contributed by atoms with E-state index in [1.165, 1.54) is 12.1 Å². The van der Waals surface area contributed by atoms with E-state index in [0.717, 1.165) is 11.3 Å². The first-order chi connectivity index (χ1) is 8.56. The van der Waals surface area contributed by atoms with Crippen molar-refractivity contribution in [3.63, 3.8) is 0 Å². The van der Waals surface area contributed by atoms with Crippen molar-refractivity contribution in [2.45, 2.75) is 19.4 Å². The summed E-state index contributed by atoms with van der Waals surface area (Å²) in [6.45, 7) is 1.91. The van der Waals surface area contributed by atoms with Crippen LogP contribution in [0.1, 0.15) is 22.9 Å². The molecule has 0 aliphatic rings. The van der Waals surface area contributed by atoms with Crippen molar-refractivity contribution in [1.29, 1.82) is 0 Å². The van der Waals surface area contributed by atoms with E-state index in [4.69, 9.17) is 17.3 Å². The molecule has 2 N–H and O–H groups in total. The third-order valence-electron chi connectivity index (χ3n) is 2.81. The highest BCUT2D eigenvalue weighted by molar-refractivity contribution is 6.30. The molecule has 0 amide bonds. The molecular formula is C14H14ClFN2. The number of hydrogen-bond donors (Lipinski definition) is 1. The van der Waals surface area contributed by atoms with Crippen LogP contribution in [0.3, 0.4) is 0 Å². The van der Waals surface area contributed by atoms with Gasteiger partial charge in [0.2, 0.25) is 0 Å². The fraction of sp³-hybridized carbons (Fsp3) is 0.214. The van der Waals surface area contributed by atoms with Crippen molar-refractivity contribution in [2.24, 2.45) is 5.73 Å². The summed E-state index contributed by atoms with van der Waals surface area (Å²) in [6, 6.07) is 8.01. The first-order valence-corrected chi connectivity index (χ1v) is 6.06. The normalized spacial score (nSPS) is 12.4. The van der Waals surface area contributed by atoms with Gasteiger partial charge in [-0.3, -0.25) is 4.98 Å². The number of nitrogens with zero attached hydrogens (tertiary/aromatic N) is 1. The molecule has 1 aromatic carbocycles. The lowest BCUT2D eigenvalue weighted by Gasteiger charge is -2.12. The minimum atomic E-state index is -0.286. The molecule has 2 aromatic rings. The van der Waals surface area contributed by atoms with Gasteiger partial charge in [-0.2, -0.15) is 0 Å². The molecule has 1 aromatic heterocycles. The van der Waals surface area contributed by atoms with Crippen LogP contribution in [0.4, 0.5) is 4.39 Å². The van der Waals surface area contributed by atoms with E-state index in [1.54, 1.807) is 12.3 Å². The van der Waals surface area contributed by atoms with Gasteiger partial charge in [-0.05, 0) is 48.7 Å². The Morgan fingerprint density at radius 2 is 2.11 bits per heavy atom. The molecule has 0 spiro atoms. The number of rotatable bonds is 3. The summed E-state index contributed by atoms with van der Waals surface area (Å²) >= 11 is 5.85. The van der Waals surface area contributed by atoms with Crippen molar-refractivity contribution < 1.29 is 4.39 Å². The lowest BCUT2D eigenvalue weighted by Crippen LogP contribution is -2.14. The molecule has 0 radical (unpaired) electrons. The van der Waals surface area contributed by atoms with E-state index in [9.17, 15) is 4.39 Å². The molecule has 18 heavy (non-hydrogen) atoms. The molecule has 4 heteroatoms. The smallest absolute Gasteiger partial charge is 0.126 e. The van der Waals surface area contributed by atoms with E-state index in [1.807, 2.05) is 19.1 Å². The fourth-order valence-electron chi connectivity index (χ4n) is 1.75. The van der Waals surface area contributed by atoms with Gasteiger partial charge in [-0.1, -0.05) is 17.7 Å². The van der Waals surface area contributed by atoms with Crippen molar-refractivity contribution >= 4 is 11.6 Å². The molecule has 0 fully saturated rings. The van der Waals surface area contributed by atoms with Gasteiger partial charge in [0, 0.05) is 23.0 Å². The maximum atomic E-state index is 13.6. The number of halogens is 2. The molecule has 1 heterocycles. The van der Waals surface area contributed by atoms with Crippen LogP contribution < -0.4 is 5.73 Å². The molecule has 2 nitrogen and oxygen atoms in total. The highest BCUT2D eigenvalue weighted by Gasteiger charge is 2.11. The molecule has 0 aliphatic carbocycles. The van der Waals surface area contributed by atoms with Gasteiger partial charge in [0.25, 0.3) is 0 Å². The van der Waals surface area contributed by atoms with Gasteiger partial charge < -0.3 is 5.73 Å². The Hall–Kier alpha value is -1.45. The van der Waals surface area contributed by atoms with Gasteiger partial charge in [0.15, 0.2) is 0 Å². The zero-order valence-electron chi connectivity index (χ0n) is 10.0. The average Bonchev–Trinajstić information content (AvgIpc) is 2.34. The summed E-state index contributed by atoms with van der Waals surface area (Å²) in [5.41, 5.74) is 8.39. The summed E-state index contributed by atoms with van der Waals surface area (Å²) in [6.07, 6.45) is 2.12. The van der Waals surface area contributed by atoms with Crippen molar-refractivity contribution in [1.82, 2.24) is 4.98 Å². The first-order valence-electron chi connectivity index (χ1n) is 5.68. The van der Waals surface area contributed by atoms with E-state index in [2.05, 4.69) is 4.98 Å². The molecule has 2 rings (SSSR count). The summed E-state index contributed by atoms with van der Waals surface area (Å²) in [5, 5.41) is 0.514. The second kappa shape index (κ2) is 5.46. The quantitative estimate of drug-likeness (QED) is 0.923. The topological polar surface area (TPSA) is 38.9 Å². The third-order valence-corrected chi connectivity index (χ3v) is 3.05. The maximum absolute atomic E-state index is 13.6. The summed E-state index contributed by atoms with van der Waals surface area (Å²) < 4.78 is 13.6. The van der Waals surface area contributed by atoms with Crippen molar-refractivity contribution in [3.05, 3.63) is 64.2 Å². The summed E-state index contributed by atoms with van der Waals surface area (Å²) in [7, 11) is 0. The zero-order chi connectivity index (χ0) is 13.1. The number of nitrogens with two attached hydrogens (primary N) is 1. The number of pyridine rings is 1. The van der Waals surface area contributed by atoms with Crippen LogP contribution >= 0.6 is 11.6 Å². The summed E-state index contributed by atoms with van der Waals surface area (Å²) in [4.78, 5) is 4.18. The lowest BCUT2D eigenvalue weighted by molar-refractivity contribution is 0.593. The predicted octanol–water partition coefficient (Wildman–Crippen LogP) is 3.43. The Bertz CT molecular complexity index is 540. The number of aromatic nitrogens is 1. The standard InChI is InChI=1S/C14H14ClFN2/c1-9-2-3-10(8-18-9)14(17)7-11-6-12(15)4-5-13(11)16/h2-6,8,14H,7,17H2,1H3. The van der Waals surface area contributed by atoms with Gasteiger partial charge >= 0.3 is 0 Å². The molecule has 0 aliphatic heterocycles. The average molecular weight is 265 g/mol. The molecule has 0 saturated heterocycles. The minimum Gasteiger partial charge on any atom is -0.324 e. The number of benzene rings is 1. The largest absolute Gasteiger partial charge is 0.324 e. The van der Waals surface area contributed by atoms with Gasteiger partial charge in [0.1, 0.15) is 5.82 Å². The third kappa shape index (κ3) is 3.06. The van der Waals surface area contributed by atoms with Gasteiger partial charge in [0.05, 0.1) is 0 Å². The van der Waals surface area contributed by atoms with E-state index in [-0.39, 0.29) is 11.9 Å². The van der Waals surface area contributed by atoms with E-state index in [0.29, 0.717) is 17.0 Å². The molecule has 0 bridgehead atoms. The lowest BCUT2D eigenvalue weighted by atomic mass is 10.0. The molecule has 1 atom stereocenters. The van der Waals surface area contributed by atoms with Crippen LogP contribution in [-0.4, -0.2) is 4.98 Å². The van der Waals surface area contributed by atoms with Gasteiger partial charge in [-0.15, -0.1) is 0 Å². The molecule has 1 unspecified atom stereocenters. The van der Waals surface area contributed by atoms with Crippen molar-refractivity contribution in [3.8, 4) is 0 Å². The van der Waals surface area contributed by atoms with Crippen LogP contribution in [0.2, 0.25) is 5.02 Å². The van der Waals surface area contributed by atoms with Crippen LogP contribution in [0.5, 0.6) is 0 Å². The Morgan fingerprint density at radius 3 is 2.78 bits per heavy atom. The second-order valence-corrected chi connectivity index (χ2v) is 4.72. The van der Waals surface area contributed by atoms with Gasteiger partial charge in [-0.25, -0.2) is 4.39 Å².